The molecule has 0 aromatic carbocycles. The Bertz CT molecular complexity index is 562. The van der Waals surface area contributed by atoms with E-state index in [4.69, 9.17) is 18.8 Å². The molecule has 126 valence electrons. The number of rotatable bonds is 2. The highest BCUT2D eigenvalue weighted by Crippen LogP contribution is 2.36. The highest BCUT2D eigenvalue weighted by molar-refractivity contribution is 6.62. The van der Waals surface area contributed by atoms with E-state index >= 15 is 0 Å². The summed E-state index contributed by atoms with van der Waals surface area (Å²) in [6.45, 7) is 13.3. The van der Waals surface area contributed by atoms with E-state index in [0.717, 1.165) is 11.0 Å². The summed E-state index contributed by atoms with van der Waals surface area (Å²) in [5, 5.41) is 0. The molecule has 5 nitrogen and oxygen atoms in total. The fraction of sp³-hybridized carbons (Fsp3) is 0.706. The molecule has 1 aromatic heterocycles. The third kappa shape index (κ3) is 3.31. The number of nitrogens with zero attached hydrogens (tertiary/aromatic N) is 1. The molecule has 1 unspecified atom stereocenters. The summed E-state index contributed by atoms with van der Waals surface area (Å²) < 4.78 is 24.0. The van der Waals surface area contributed by atoms with Crippen molar-refractivity contribution in [3.05, 3.63) is 24.0 Å². The van der Waals surface area contributed by atoms with E-state index in [0.29, 0.717) is 13.2 Å². The first-order chi connectivity index (χ1) is 10.6. The van der Waals surface area contributed by atoms with E-state index in [1.54, 1.807) is 6.20 Å². The Morgan fingerprint density at radius 3 is 2.26 bits per heavy atom. The van der Waals surface area contributed by atoms with Gasteiger partial charge in [0.15, 0.2) is 0 Å². The Kier molecular flexibility index (Phi) is 4.08. The fourth-order valence-corrected chi connectivity index (χ4v) is 2.65. The largest absolute Gasteiger partial charge is 0.496 e. The number of hydrogen-bond acceptors (Lipinski definition) is 5. The van der Waals surface area contributed by atoms with Gasteiger partial charge in [0.25, 0.3) is 0 Å². The molecule has 23 heavy (non-hydrogen) atoms. The standard InChI is InChI=1S/C17H26BNO4/c1-15(2)11-20-14(10-21-15)12-7-13(9-19-8-12)18-22-16(3,4)17(5,6)23-18/h7-9,14H,10-11H2,1-6H3. The maximum Gasteiger partial charge on any atom is 0.496 e. The molecule has 6 heteroatoms. The van der Waals surface area contributed by atoms with Gasteiger partial charge in [0.05, 0.1) is 30.0 Å². The highest BCUT2D eigenvalue weighted by Gasteiger charge is 2.51. The minimum atomic E-state index is -0.409. The molecular formula is C17H26BNO4. The molecule has 0 bridgehead atoms. The van der Waals surface area contributed by atoms with Crippen molar-refractivity contribution in [3.8, 4) is 0 Å². The quantitative estimate of drug-likeness (QED) is 0.783. The van der Waals surface area contributed by atoms with Crippen LogP contribution in [0.4, 0.5) is 0 Å². The van der Waals surface area contributed by atoms with Gasteiger partial charge in [-0.15, -0.1) is 0 Å². The minimum absolute atomic E-state index is 0.0992. The van der Waals surface area contributed by atoms with Crippen LogP contribution >= 0.6 is 0 Å². The van der Waals surface area contributed by atoms with E-state index < -0.39 is 7.12 Å². The Morgan fingerprint density at radius 2 is 1.70 bits per heavy atom. The van der Waals surface area contributed by atoms with E-state index in [-0.39, 0.29) is 22.9 Å². The molecule has 0 saturated carbocycles. The minimum Gasteiger partial charge on any atom is -0.399 e. The first-order valence-electron chi connectivity index (χ1n) is 8.16. The van der Waals surface area contributed by atoms with Crippen molar-refractivity contribution >= 4 is 12.6 Å². The monoisotopic (exact) mass is 319 g/mol. The molecule has 2 saturated heterocycles. The maximum absolute atomic E-state index is 6.09. The van der Waals surface area contributed by atoms with Gasteiger partial charge in [-0.25, -0.2) is 0 Å². The number of ether oxygens (including phenoxy) is 2. The summed E-state index contributed by atoms with van der Waals surface area (Å²) in [5.74, 6) is 0. The Morgan fingerprint density at radius 1 is 1.04 bits per heavy atom. The van der Waals surface area contributed by atoms with Crippen molar-refractivity contribution in [2.75, 3.05) is 13.2 Å². The zero-order valence-corrected chi connectivity index (χ0v) is 14.9. The summed E-state index contributed by atoms with van der Waals surface area (Å²) in [6.07, 6.45) is 3.51. The third-order valence-corrected chi connectivity index (χ3v) is 4.94. The van der Waals surface area contributed by atoms with Crippen LogP contribution in [0.1, 0.15) is 53.2 Å². The van der Waals surface area contributed by atoms with Crippen molar-refractivity contribution in [2.45, 2.75) is 64.4 Å². The summed E-state index contributed by atoms with van der Waals surface area (Å²) >= 11 is 0. The summed E-state index contributed by atoms with van der Waals surface area (Å²) in [7, 11) is -0.409. The molecule has 3 rings (SSSR count). The molecule has 3 heterocycles. The van der Waals surface area contributed by atoms with E-state index in [9.17, 15) is 0 Å². The Labute approximate surface area is 138 Å². The van der Waals surface area contributed by atoms with Crippen LogP contribution in [0.5, 0.6) is 0 Å². The van der Waals surface area contributed by atoms with Crippen molar-refractivity contribution in [1.82, 2.24) is 4.98 Å². The van der Waals surface area contributed by atoms with Gasteiger partial charge in [0, 0.05) is 23.4 Å². The molecule has 0 spiro atoms. The van der Waals surface area contributed by atoms with Gasteiger partial charge < -0.3 is 18.8 Å². The zero-order valence-electron chi connectivity index (χ0n) is 14.9. The smallest absolute Gasteiger partial charge is 0.399 e. The summed E-state index contributed by atoms with van der Waals surface area (Å²) in [4.78, 5) is 4.34. The molecule has 2 aliphatic rings. The van der Waals surface area contributed by atoms with Crippen LogP contribution in [0.15, 0.2) is 18.5 Å². The molecule has 2 aliphatic heterocycles. The van der Waals surface area contributed by atoms with Gasteiger partial charge in [-0.3, -0.25) is 4.98 Å². The van der Waals surface area contributed by atoms with Crippen LogP contribution in [0.25, 0.3) is 0 Å². The highest BCUT2D eigenvalue weighted by atomic mass is 16.7. The zero-order chi connectivity index (χ0) is 16.9. The Balaban J connectivity index is 1.77. The molecule has 0 aliphatic carbocycles. The lowest BCUT2D eigenvalue weighted by molar-refractivity contribution is -0.176. The van der Waals surface area contributed by atoms with Crippen LogP contribution in [-0.2, 0) is 18.8 Å². The van der Waals surface area contributed by atoms with E-state index in [1.165, 1.54) is 0 Å². The second-order valence-corrected chi connectivity index (χ2v) is 8.01. The van der Waals surface area contributed by atoms with Crippen LogP contribution in [0.2, 0.25) is 0 Å². The average Bonchev–Trinajstić information content (AvgIpc) is 2.68. The van der Waals surface area contributed by atoms with Crippen LogP contribution in [0, 0.1) is 0 Å². The molecule has 1 atom stereocenters. The second-order valence-electron chi connectivity index (χ2n) is 8.01. The second kappa shape index (κ2) is 5.55. The van der Waals surface area contributed by atoms with Gasteiger partial charge in [0.2, 0.25) is 0 Å². The molecule has 0 N–H and O–H groups in total. The SMILES string of the molecule is CC1(C)COC(c2cncc(B3OC(C)(C)C(C)(C)O3)c2)CO1. The van der Waals surface area contributed by atoms with E-state index in [2.05, 4.69) is 4.98 Å². The summed E-state index contributed by atoms with van der Waals surface area (Å²) in [6, 6.07) is 2.04. The number of hydrogen-bond donors (Lipinski definition) is 0. The molecule has 0 radical (unpaired) electrons. The van der Waals surface area contributed by atoms with Crippen molar-refractivity contribution in [3.63, 3.8) is 0 Å². The van der Waals surface area contributed by atoms with Crippen molar-refractivity contribution in [2.24, 2.45) is 0 Å². The van der Waals surface area contributed by atoms with E-state index in [1.807, 2.05) is 53.8 Å². The fourth-order valence-electron chi connectivity index (χ4n) is 2.65. The number of aromatic nitrogens is 1. The molecule has 0 amide bonds. The number of pyridine rings is 1. The first-order valence-corrected chi connectivity index (χ1v) is 8.16. The predicted molar refractivity (Wildman–Crippen MR) is 88.7 cm³/mol. The van der Waals surface area contributed by atoms with Crippen molar-refractivity contribution in [1.29, 1.82) is 0 Å². The topological polar surface area (TPSA) is 49.8 Å². The molecule has 1 aromatic rings. The van der Waals surface area contributed by atoms with Crippen molar-refractivity contribution < 1.29 is 18.8 Å². The first kappa shape index (κ1) is 16.9. The van der Waals surface area contributed by atoms with Gasteiger partial charge in [-0.2, -0.15) is 0 Å². The maximum atomic E-state index is 6.09. The van der Waals surface area contributed by atoms with Crippen LogP contribution in [0.3, 0.4) is 0 Å². The molecular weight excluding hydrogens is 293 g/mol. The Hall–Kier alpha value is -0.945. The lowest BCUT2D eigenvalue weighted by Gasteiger charge is -2.35. The van der Waals surface area contributed by atoms with Gasteiger partial charge >= 0.3 is 7.12 Å². The molecule has 2 fully saturated rings. The van der Waals surface area contributed by atoms with Crippen LogP contribution < -0.4 is 5.46 Å². The van der Waals surface area contributed by atoms with Gasteiger partial charge in [-0.05, 0) is 41.5 Å². The predicted octanol–water partition coefficient (Wildman–Crippen LogP) is 2.25. The summed E-state index contributed by atoms with van der Waals surface area (Å²) in [5.41, 5.74) is 0.958. The van der Waals surface area contributed by atoms with Crippen LogP contribution in [-0.4, -0.2) is 42.1 Å². The van der Waals surface area contributed by atoms with Gasteiger partial charge in [-0.1, -0.05) is 6.07 Å². The van der Waals surface area contributed by atoms with Gasteiger partial charge in [0.1, 0.15) is 6.10 Å². The third-order valence-electron chi connectivity index (χ3n) is 4.94. The lowest BCUT2D eigenvalue weighted by Crippen LogP contribution is -2.41. The lowest BCUT2D eigenvalue weighted by atomic mass is 9.79. The average molecular weight is 319 g/mol. The normalized spacial score (nSPS) is 28.8.